The zero-order valence-corrected chi connectivity index (χ0v) is 11.1. The van der Waals surface area contributed by atoms with Gasteiger partial charge in [0.15, 0.2) is 0 Å². The molecule has 0 aromatic carbocycles. The Bertz CT molecular complexity index is 236. The largest absolute Gasteiger partial charge is 0.376 e. The maximum atomic E-state index is 5.74. The van der Waals surface area contributed by atoms with Gasteiger partial charge in [0.2, 0.25) is 0 Å². The Morgan fingerprint density at radius 3 is 2.00 bits per heavy atom. The van der Waals surface area contributed by atoms with Gasteiger partial charge in [-0.25, -0.2) is 0 Å². The van der Waals surface area contributed by atoms with E-state index >= 15 is 0 Å². The van der Waals surface area contributed by atoms with Crippen LogP contribution in [0.1, 0.15) is 41.5 Å². The molecule has 0 amide bonds. The summed E-state index contributed by atoms with van der Waals surface area (Å²) in [5.74, 6) is 2.62. The zero-order valence-electron chi connectivity index (χ0n) is 11.1. The molecular weight excluding hydrogens is 184 g/mol. The highest BCUT2D eigenvalue weighted by molar-refractivity contribution is 5.24. The molecule has 88 valence electrons. The van der Waals surface area contributed by atoms with Gasteiger partial charge in [-0.05, 0) is 23.3 Å². The van der Waals surface area contributed by atoms with Crippen molar-refractivity contribution in [3.05, 3.63) is 11.1 Å². The molecule has 1 atom stereocenters. The SMILES string of the molecule is CC(C)C1=C(C(C)C)C(C(C)C)COC1. The second-order valence-electron chi connectivity index (χ2n) is 5.66. The molecule has 0 bridgehead atoms. The van der Waals surface area contributed by atoms with Crippen LogP contribution in [0.5, 0.6) is 0 Å². The van der Waals surface area contributed by atoms with Crippen LogP contribution in [0.4, 0.5) is 0 Å². The lowest BCUT2D eigenvalue weighted by Crippen LogP contribution is -2.30. The first kappa shape index (κ1) is 12.8. The van der Waals surface area contributed by atoms with E-state index in [2.05, 4.69) is 41.5 Å². The van der Waals surface area contributed by atoms with Gasteiger partial charge in [0.05, 0.1) is 13.2 Å². The molecule has 0 aliphatic carbocycles. The molecule has 1 aliphatic rings. The van der Waals surface area contributed by atoms with Crippen molar-refractivity contribution in [2.45, 2.75) is 41.5 Å². The van der Waals surface area contributed by atoms with Crippen LogP contribution in [0.15, 0.2) is 11.1 Å². The standard InChI is InChI=1S/C14H26O/c1-9(2)12-7-15-8-13(10(3)4)14(12)11(5)6/h9-12H,7-8H2,1-6H3. The molecule has 0 aromatic heterocycles. The summed E-state index contributed by atoms with van der Waals surface area (Å²) in [4.78, 5) is 0. The van der Waals surface area contributed by atoms with Gasteiger partial charge in [0, 0.05) is 5.92 Å². The second-order valence-corrected chi connectivity index (χ2v) is 5.66. The lowest BCUT2D eigenvalue weighted by molar-refractivity contribution is 0.0850. The molecule has 1 heteroatoms. The number of hydrogen-bond donors (Lipinski definition) is 0. The Labute approximate surface area is 94.9 Å². The Morgan fingerprint density at radius 2 is 1.60 bits per heavy atom. The third kappa shape index (κ3) is 2.84. The Kier molecular flexibility index (Phi) is 4.39. The zero-order chi connectivity index (χ0) is 11.6. The van der Waals surface area contributed by atoms with Crippen LogP contribution >= 0.6 is 0 Å². The molecular formula is C14H26O. The van der Waals surface area contributed by atoms with E-state index < -0.39 is 0 Å². The summed E-state index contributed by atoms with van der Waals surface area (Å²) in [6.45, 7) is 15.6. The van der Waals surface area contributed by atoms with Crippen molar-refractivity contribution in [2.24, 2.45) is 23.7 Å². The minimum absolute atomic E-state index is 0.629. The molecule has 1 heterocycles. The van der Waals surface area contributed by atoms with E-state index in [0.29, 0.717) is 23.7 Å². The molecule has 0 saturated carbocycles. The maximum absolute atomic E-state index is 5.74. The first-order valence-electron chi connectivity index (χ1n) is 6.25. The summed E-state index contributed by atoms with van der Waals surface area (Å²) in [6.07, 6.45) is 0. The average Bonchev–Trinajstić information content (AvgIpc) is 2.16. The van der Waals surface area contributed by atoms with Crippen molar-refractivity contribution in [3.8, 4) is 0 Å². The quantitative estimate of drug-likeness (QED) is 0.642. The number of ether oxygens (including phenoxy) is 1. The van der Waals surface area contributed by atoms with E-state index in [1.165, 1.54) is 0 Å². The fourth-order valence-electron chi connectivity index (χ4n) is 2.56. The molecule has 0 fully saturated rings. The highest BCUT2D eigenvalue weighted by Gasteiger charge is 2.28. The van der Waals surface area contributed by atoms with Crippen LogP contribution < -0.4 is 0 Å². The van der Waals surface area contributed by atoms with E-state index in [1.54, 1.807) is 11.1 Å². The molecule has 1 aliphatic heterocycles. The maximum Gasteiger partial charge on any atom is 0.0682 e. The molecule has 1 rings (SSSR count). The van der Waals surface area contributed by atoms with E-state index in [1.807, 2.05) is 0 Å². The predicted molar refractivity (Wildman–Crippen MR) is 65.8 cm³/mol. The predicted octanol–water partition coefficient (Wildman–Crippen LogP) is 3.90. The van der Waals surface area contributed by atoms with Gasteiger partial charge in [0.1, 0.15) is 0 Å². The monoisotopic (exact) mass is 210 g/mol. The fourth-order valence-corrected chi connectivity index (χ4v) is 2.56. The third-order valence-corrected chi connectivity index (χ3v) is 3.45. The van der Waals surface area contributed by atoms with Crippen molar-refractivity contribution in [1.82, 2.24) is 0 Å². The molecule has 0 radical (unpaired) electrons. The first-order valence-corrected chi connectivity index (χ1v) is 6.25. The molecule has 0 spiro atoms. The smallest absolute Gasteiger partial charge is 0.0682 e. The summed E-state index contributed by atoms with van der Waals surface area (Å²) in [5, 5.41) is 0. The van der Waals surface area contributed by atoms with Crippen LogP contribution in [0.3, 0.4) is 0 Å². The topological polar surface area (TPSA) is 9.23 Å². The second kappa shape index (κ2) is 5.16. The minimum Gasteiger partial charge on any atom is -0.376 e. The molecule has 0 saturated heterocycles. The lowest BCUT2D eigenvalue weighted by Gasteiger charge is -2.35. The molecule has 1 nitrogen and oxygen atoms in total. The van der Waals surface area contributed by atoms with Gasteiger partial charge in [-0.1, -0.05) is 47.1 Å². The van der Waals surface area contributed by atoms with Crippen molar-refractivity contribution < 1.29 is 4.74 Å². The number of rotatable bonds is 3. The van der Waals surface area contributed by atoms with Gasteiger partial charge >= 0.3 is 0 Å². The third-order valence-electron chi connectivity index (χ3n) is 3.45. The highest BCUT2D eigenvalue weighted by atomic mass is 16.5. The summed E-state index contributed by atoms with van der Waals surface area (Å²) >= 11 is 0. The summed E-state index contributed by atoms with van der Waals surface area (Å²) in [6, 6.07) is 0. The van der Waals surface area contributed by atoms with Gasteiger partial charge in [-0.15, -0.1) is 0 Å². The van der Waals surface area contributed by atoms with E-state index in [9.17, 15) is 0 Å². The van der Waals surface area contributed by atoms with Crippen molar-refractivity contribution >= 4 is 0 Å². The van der Waals surface area contributed by atoms with Gasteiger partial charge in [-0.3, -0.25) is 0 Å². The van der Waals surface area contributed by atoms with Gasteiger partial charge in [0.25, 0.3) is 0 Å². The van der Waals surface area contributed by atoms with Gasteiger partial charge < -0.3 is 4.74 Å². The normalized spacial score (nSPS) is 23.4. The Morgan fingerprint density at radius 1 is 1.00 bits per heavy atom. The van der Waals surface area contributed by atoms with E-state index in [-0.39, 0.29) is 0 Å². The molecule has 0 aromatic rings. The minimum atomic E-state index is 0.629. The molecule has 0 N–H and O–H groups in total. The lowest BCUT2D eigenvalue weighted by atomic mass is 9.77. The summed E-state index contributed by atoms with van der Waals surface area (Å²) in [5.41, 5.74) is 3.22. The van der Waals surface area contributed by atoms with E-state index in [4.69, 9.17) is 4.74 Å². The van der Waals surface area contributed by atoms with Crippen molar-refractivity contribution in [3.63, 3.8) is 0 Å². The van der Waals surface area contributed by atoms with Gasteiger partial charge in [-0.2, -0.15) is 0 Å². The van der Waals surface area contributed by atoms with Crippen molar-refractivity contribution in [1.29, 1.82) is 0 Å². The molecule has 15 heavy (non-hydrogen) atoms. The summed E-state index contributed by atoms with van der Waals surface area (Å²) < 4.78 is 5.74. The van der Waals surface area contributed by atoms with Crippen molar-refractivity contribution in [2.75, 3.05) is 13.2 Å². The summed E-state index contributed by atoms with van der Waals surface area (Å²) in [7, 11) is 0. The first-order chi connectivity index (χ1) is 6.95. The fraction of sp³-hybridized carbons (Fsp3) is 0.857. The van der Waals surface area contributed by atoms with Crippen LogP contribution in [0.25, 0.3) is 0 Å². The number of hydrogen-bond acceptors (Lipinski definition) is 1. The van der Waals surface area contributed by atoms with Crippen LogP contribution in [-0.4, -0.2) is 13.2 Å². The van der Waals surface area contributed by atoms with Crippen LogP contribution in [0.2, 0.25) is 0 Å². The van der Waals surface area contributed by atoms with Crippen LogP contribution in [-0.2, 0) is 4.74 Å². The Hall–Kier alpha value is -0.300. The van der Waals surface area contributed by atoms with Crippen LogP contribution in [0, 0.1) is 23.7 Å². The van der Waals surface area contributed by atoms with E-state index in [0.717, 1.165) is 13.2 Å². The Balaban J connectivity index is 3.06. The average molecular weight is 210 g/mol. The highest BCUT2D eigenvalue weighted by Crippen LogP contribution is 2.35. The molecule has 1 unspecified atom stereocenters.